The van der Waals surface area contributed by atoms with Crippen molar-refractivity contribution in [3.05, 3.63) is 59.7 Å². The van der Waals surface area contributed by atoms with E-state index in [1.54, 1.807) is 6.08 Å². The summed E-state index contributed by atoms with van der Waals surface area (Å²) < 4.78 is 7.64. The number of carbonyl (C=O) groups is 2. The number of nitrogens with zero attached hydrogens (tertiary/aromatic N) is 3. The number of ketones is 1. The summed E-state index contributed by atoms with van der Waals surface area (Å²) in [4.78, 5) is 35.5. The number of hydrogen-bond donors (Lipinski definition) is 2. The summed E-state index contributed by atoms with van der Waals surface area (Å²) >= 11 is 0. The minimum Gasteiger partial charge on any atom is -0.464 e. The van der Waals surface area contributed by atoms with E-state index in [4.69, 9.17) is 14.7 Å². The van der Waals surface area contributed by atoms with Gasteiger partial charge in [-0.15, -0.1) is 0 Å². The van der Waals surface area contributed by atoms with Crippen LogP contribution in [0.15, 0.2) is 48.3 Å². The number of imidazole rings is 1. The van der Waals surface area contributed by atoms with Crippen LogP contribution in [-0.2, 0) is 27.2 Å². The first kappa shape index (κ1) is 27.2. The zero-order valence-electron chi connectivity index (χ0n) is 24.5. The molecule has 2 heterocycles. The predicted octanol–water partition coefficient (Wildman–Crippen LogP) is 5.68. The topological polar surface area (TPSA) is 98.1 Å². The number of carbonyl (C=O) groups excluding carboxylic acids is 2. The Morgan fingerprint density at radius 1 is 1.10 bits per heavy atom. The molecule has 0 radical (unpaired) electrons. The molecule has 1 aromatic carbocycles. The second kappa shape index (κ2) is 11.2. The van der Waals surface area contributed by atoms with E-state index in [-0.39, 0.29) is 11.8 Å². The average Bonchev–Trinajstić information content (AvgIpc) is 3.95. The maximum Gasteiger partial charge on any atom is 0.328 e. The molecule has 3 aromatic rings. The number of hydrogen-bond acceptors (Lipinski definition) is 7. The summed E-state index contributed by atoms with van der Waals surface area (Å²) in [5.74, 6) is 2.46. The molecular formula is C34H41N5O3. The monoisotopic (exact) mass is 567 g/mol. The van der Waals surface area contributed by atoms with Crippen LogP contribution < -0.4 is 10.6 Å². The highest BCUT2D eigenvalue weighted by atomic mass is 16.5. The quantitative estimate of drug-likeness (QED) is 0.272. The molecular weight excluding hydrogens is 526 g/mol. The number of benzene rings is 1. The third-order valence-electron chi connectivity index (χ3n) is 9.53. The van der Waals surface area contributed by atoms with Gasteiger partial charge in [0.05, 0.1) is 23.9 Å². The van der Waals surface area contributed by atoms with Gasteiger partial charge in [0.1, 0.15) is 17.4 Å². The van der Waals surface area contributed by atoms with Gasteiger partial charge in [-0.3, -0.25) is 9.36 Å². The van der Waals surface area contributed by atoms with Crippen LogP contribution in [0.1, 0.15) is 76.1 Å². The van der Waals surface area contributed by atoms with Crippen LogP contribution in [0, 0.1) is 17.3 Å². The van der Waals surface area contributed by atoms with Crippen LogP contribution in [-0.4, -0.2) is 45.5 Å². The van der Waals surface area contributed by atoms with Crippen LogP contribution in [0.25, 0.3) is 16.9 Å². The van der Waals surface area contributed by atoms with Crippen molar-refractivity contribution in [3.63, 3.8) is 0 Å². The van der Waals surface area contributed by atoms with Crippen molar-refractivity contribution in [1.82, 2.24) is 19.9 Å². The maximum atomic E-state index is 13.0. The van der Waals surface area contributed by atoms with E-state index in [1.807, 2.05) is 13.1 Å². The Hall–Kier alpha value is -3.68. The lowest BCUT2D eigenvalue weighted by molar-refractivity contribution is -0.146. The molecule has 3 saturated carbocycles. The molecule has 4 aliphatic rings. The van der Waals surface area contributed by atoms with Crippen molar-refractivity contribution in [2.24, 2.45) is 17.3 Å². The van der Waals surface area contributed by atoms with Crippen molar-refractivity contribution in [2.45, 2.75) is 83.6 Å². The van der Waals surface area contributed by atoms with E-state index in [2.05, 4.69) is 45.5 Å². The summed E-state index contributed by atoms with van der Waals surface area (Å²) in [6.07, 6.45) is 15.2. The first-order chi connectivity index (χ1) is 20.5. The Balaban J connectivity index is 1.12. The number of pyridine rings is 1. The number of esters is 1. The standard InChI is InChI=1S/C34H41N5O3/c1-2-42-33(41)28(37-29-19-30(40)34(29)14-4-3-5-15-34)16-22-10-12-26(13-11-22)39-31(17-23-6-7-23)38-27-18-25(21-36-32(27)39)35-20-24-8-9-24/h10-13,18-19,21,23-24,28,35,37H,2-9,14-17,20H2,1H3/t28-/m0/s1. The molecule has 4 aliphatic carbocycles. The number of anilines is 1. The van der Waals surface area contributed by atoms with E-state index in [0.717, 1.165) is 84.2 Å². The van der Waals surface area contributed by atoms with Gasteiger partial charge in [-0.05, 0) is 81.0 Å². The fraction of sp³-hybridized carbons (Fsp3) is 0.529. The second-order valence-corrected chi connectivity index (χ2v) is 12.8. The Morgan fingerprint density at radius 2 is 1.86 bits per heavy atom. The highest BCUT2D eigenvalue weighted by Gasteiger charge is 2.49. The third kappa shape index (κ3) is 5.43. The van der Waals surface area contributed by atoms with Crippen molar-refractivity contribution < 1.29 is 14.3 Å². The van der Waals surface area contributed by atoms with Gasteiger partial charge >= 0.3 is 5.97 Å². The lowest BCUT2D eigenvalue weighted by Gasteiger charge is -2.44. The molecule has 8 heteroatoms. The number of fused-ring (bicyclic) bond motifs is 1. The molecule has 220 valence electrons. The lowest BCUT2D eigenvalue weighted by atomic mass is 9.62. The van der Waals surface area contributed by atoms with Crippen LogP contribution >= 0.6 is 0 Å². The normalized spacial score (nSPS) is 20.2. The maximum absolute atomic E-state index is 13.0. The predicted molar refractivity (Wildman–Crippen MR) is 162 cm³/mol. The molecule has 3 fully saturated rings. The minimum absolute atomic E-state index is 0.200. The third-order valence-corrected chi connectivity index (χ3v) is 9.53. The fourth-order valence-electron chi connectivity index (χ4n) is 6.63. The summed E-state index contributed by atoms with van der Waals surface area (Å²) in [5.41, 5.74) is 5.37. The molecule has 1 spiro atoms. The van der Waals surface area contributed by atoms with E-state index in [9.17, 15) is 9.59 Å². The fourth-order valence-corrected chi connectivity index (χ4v) is 6.63. The number of ether oxygens (including phenoxy) is 1. The van der Waals surface area contributed by atoms with Gasteiger partial charge in [0.2, 0.25) is 0 Å². The van der Waals surface area contributed by atoms with Gasteiger partial charge in [-0.2, -0.15) is 0 Å². The van der Waals surface area contributed by atoms with Crippen molar-refractivity contribution >= 4 is 28.6 Å². The van der Waals surface area contributed by atoms with Gasteiger partial charge in [-0.1, -0.05) is 31.4 Å². The average molecular weight is 568 g/mol. The summed E-state index contributed by atoms with van der Waals surface area (Å²) in [6.45, 7) is 3.15. The SMILES string of the molecule is CCOC(=O)[C@H](Cc1ccc(-n2c(CC3CC3)nc3cc(NCC4CC4)cnc32)cc1)NC1=CC(=O)C12CCCCC2. The number of nitrogens with one attached hydrogen (secondary N) is 2. The highest BCUT2D eigenvalue weighted by molar-refractivity contribution is 6.05. The van der Waals surface area contributed by atoms with Crippen molar-refractivity contribution in [3.8, 4) is 5.69 Å². The summed E-state index contributed by atoms with van der Waals surface area (Å²) in [6, 6.07) is 9.95. The van der Waals surface area contributed by atoms with Crippen LogP contribution in [0.5, 0.6) is 0 Å². The number of rotatable bonds is 12. The molecule has 1 atom stereocenters. The number of aromatic nitrogens is 3. The summed E-state index contributed by atoms with van der Waals surface area (Å²) in [7, 11) is 0. The molecule has 8 nitrogen and oxygen atoms in total. The van der Waals surface area contributed by atoms with Crippen molar-refractivity contribution in [1.29, 1.82) is 0 Å². The molecule has 42 heavy (non-hydrogen) atoms. The lowest BCUT2D eigenvalue weighted by Crippen LogP contribution is -2.52. The van der Waals surface area contributed by atoms with Crippen LogP contribution in [0.3, 0.4) is 0 Å². The van der Waals surface area contributed by atoms with Gasteiger partial charge in [-0.25, -0.2) is 14.8 Å². The van der Waals surface area contributed by atoms with E-state index >= 15 is 0 Å². The second-order valence-electron chi connectivity index (χ2n) is 12.8. The molecule has 7 rings (SSSR count). The molecule has 0 saturated heterocycles. The van der Waals surface area contributed by atoms with E-state index < -0.39 is 11.5 Å². The Bertz CT molecular complexity index is 1510. The number of allylic oxidation sites excluding steroid dienone is 2. The Morgan fingerprint density at radius 3 is 2.55 bits per heavy atom. The van der Waals surface area contributed by atoms with E-state index in [0.29, 0.717) is 18.9 Å². The Kier molecular flexibility index (Phi) is 7.24. The molecule has 0 aliphatic heterocycles. The van der Waals surface area contributed by atoms with Crippen LogP contribution in [0.2, 0.25) is 0 Å². The van der Waals surface area contributed by atoms with Gasteiger partial charge in [0.25, 0.3) is 0 Å². The Labute approximate surface area is 247 Å². The summed E-state index contributed by atoms with van der Waals surface area (Å²) in [5, 5.41) is 6.97. The van der Waals surface area contributed by atoms with Gasteiger partial charge in [0, 0.05) is 36.8 Å². The smallest absolute Gasteiger partial charge is 0.328 e. The largest absolute Gasteiger partial charge is 0.464 e. The molecule has 0 bridgehead atoms. The first-order valence-electron chi connectivity index (χ1n) is 15.9. The van der Waals surface area contributed by atoms with E-state index in [1.165, 1.54) is 32.1 Å². The first-order valence-corrected chi connectivity index (χ1v) is 15.9. The molecule has 0 amide bonds. The molecule has 2 aromatic heterocycles. The van der Waals surface area contributed by atoms with Crippen molar-refractivity contribution in [2.75, 3.05) is 18.5 Å². The zero-order valence-corrected chi connectivity index (χ0v) is 24.5. The zero-order chi connectivity index (χ0) is 28.7. The van der Waals surface area contributed by atoms with Gasteiger partial charge < -0.3 is 15.4 Å². The molecule has 2 N–H and O–H groups in total. The minimum atomic E-state index is -0.545. The highest BCUT2D eigenvalue weighted by Crippen LogP contribution is 2.48. The van der Waals surface area contributed by atoms with Crippen LogP contribution in [0.4, 0.5) is 5.69 Å². The van der Waals surface area contributed by atoms with Gasteiger partial charge in [0.15, 0.2) is 11.4 Å². The molecule has 0 unspecified atom stereocenters.